The standard InChI is InChI=1S/C11H13NS/c1-2-4-10(5-3-1)8-12-11-6-7-13-9-11/h1-7,11-12H,8-9H2. The van der Waals surface area contributed by atoms with Crippen molar-refractivity contribution < 1.29 is 0 Å². The highest BCUT2D eigenvalue weighted by atomic mass is 32.2. The molecule has 0 radical (unpaired) electrons. The first kappa shape index (κ1) is 8.85. The fourth-order valence-corrected chi connectivity index (χ4v) is 2.19. The molecule has 0 aromatic heterocycles. The van der Waals surface area contributed by atoms with Gasteiger partial charge in [0.05, 0.1) is 0 Å². The number of thioether (sulfide) groups is 1. The van der Waals surface area contributed by atoms with Crippen molar-refractivity contribution in [2.45, 2.75) is 12.6 Å². The van der Waals surface area contributed by atoms with Crippen LogP contribution in [-0.2, 0) is 6.54 Å². The van der Waals surface area contributed by atoms with Crippen LogP contribution in [0, 0.1) is 0 Å². The SMILES string of the molecule is C1=CC(NCc2ccccc2)CS1. The Morgan fingerprint density at radius 2 is 2.15 bits per heavy atom. The van der Waals surface area contributed by atoms with Crippen molar-refractivity contribution in [1.29, 1.82) is 0 Å². The molecule has 1 aromatic rings. The third-order valence-corrected chi connectivity index (χ3v) is 3.00. The normalized spacial score (nSPS) is 20.8. The van der Waals surface area contributed by atoms with Crippen molar-refractivity contribution >= 4 is 11.8 Å². The molecule has 1 N–H and O–H groups in total. The van der Waals surface area contributed by atoms with Crippen LogP contribution < -0.4 is 5.32 Å². The van der Waals surface area contributed by atoms with Gasteiger partial charge in [0.1, 0.15) is 0 Å². The van der Waals surface area contributed by atoms with Crippen LogP contribution in [-0.4, -0.2) is 11.8 Å². The minimum atomic E-state index is 0.560. The minimum Gasteiger partial charge on any atom is -0.306 e. The van der Waals surface area contributed by atoms with Gasteiger partial charge in [0.25, 0.3) is 0 Å². The largest absolute Gasteiger partial charge is 0.306 e. The monoisotopic (exact) mass is 191 g/mol. The zero-order valence-electron chi connectivity index (χ0n) is 7.44. The maximum absolute atomic E-state index is 3.49. The summed E-state index contributed by atoms with van der Waals surface area (Å²) < 4.78 is 0. The zero-order valence-corrected chi connectivity index (χ0v) is 8.26. The van der Waals surface area contributed by atoms with Crippen LogP contribution in [0.2, 0.25) is 0 Å². The lowest BCUT2D eigenvalue weighted by molar-refractivity contribution is 0.645. The summed E-state index contributed by atoms with van der Waals surface area (Å²) in [5.74, 6) is 1.17. The summed E-state index contributed by atoms with van der Waals surface area (Å²) in [6.07, 6.45) is 2.23. The predicted octanol–water partition coefficient (Wildman–Crippen LogP) is 2.41. The van der Waals surface area contributed by atoms with Gasteiger partial charge in [-0.15, -0.1) is 11.8 Å². The highest BCUT2D eigenvalue weighted by Gasteiger charge is 2.07. The zero-order chi connectivity index (χ0) is 8.93. The topological polar surface area (TPSA) is 12.0 Å². The van der Waals surface area contributed by atoms with Gasteiger partial charge in [0.2, 0.25) is 0 Å². The molecular weight excluding hydrogens is 178 g/mol. The van der Waals surface area contributed by atoms with E-state index < -0.39 is 0 Å². The van der Waals surface area contributed by atoms with Gasteiger partial charge in [-0.2, -0.15) is 0 Å². The molecule has 68 valence electrons. The fourth-order valence-electron chi connectivity index (χ4n) is 1.34. The van der Waals surface area contributed by atoms with Gasteiger partial charge >= 0.3 is 0 Å². The van der Waals surface area contributed by atoms with Crippen LogP contribution in [0.3, 0.4) is 0 Å². The molecule has 0 bridgehead atoms. The Bertz CT molecular complexity index is 281. The van der Waals surface area contributed by atoms with Gasteiger partial charge < -0.3 is 5.32 Å². The summed E-state index contributed by atoms with van der Waals surface area (Å²) in [5, 5.41) is 5.66. The summed E-state index contributed by atoms with van der Waals surface area (Å²) in [7, 11) is 0. The van der Waals surface area contributed by atoms with E-state index in [4.69, 9.17) is 0 Å². The smallest absolute Gasteiger partial charge is 0.0355 e. The molecule has 2 rings (SSSR count). The molecule has 2 heteroatoms. The lowest BCUT2D eigenvalue weighted by Gasteiger charge is -2.09. The number of nitrogens with one attached hydrogen (secondary N) is 1. The lowest BCUT2D eigenvalue weighted by atomic mass is 10.2. The van der Waals surface area contributed by atoms with Crippen LogP contribution in [0.15, 0.2) is 41.8 Å². The van der Waals surface area contributed by atoms with E-state index in [1.807, 2.05) is 11.8 Å². The molecule has 1 aliphatic rings. The second kappa shape index (κ2) is 4.49. The molecule has 0 spiro atoms. The Balaban J connectivity index is 1.82. The minimum absolute atomic E-state index is 0.560. The quantitative estimate of drug-likeness (QED) is 0.787. The summed E-state index contributed by atoms with van der Waals surface area (Å²) in [6, 6.07) is 11.1. The van der Waals surface area contributed by atoms with E-state index in [1.165, 1.54) is 11.3 Å². The van der Waals surface area contributed by atoms with Crippen LogP contribution in [0.4, 0.5) is 0 Å². The summed E-state index contributed by atoms with van der Waals surface area (Å²) >= 11 is 1.87. The molecule has 1 aromatic carbocycles. The number of benzene rings is 1. The molecule has 0 saturated carbocycles. The fraction of sp³-hybridized carbons (Fsp3) is 0.273. The maximum Gasteiger partial charge on any atom is 0.0355 e. The third kappa shape index (κ3) is 2.61. The van der Waals surface area contributed by atoms with E-state index in [9.17, 15) is 0 Å². The molecule has 1 unspecified atom stereocenters. The van der Waals surface area contributed by atoms with Crippen LogP contribution in [0.1, 0.15) is 5.56 Å². The van der Waals surface area contributed by atoms with Crippen molar-refractivity contribution in [2.24, 2.45) is 0 Å². The Kier molecular flexibility index (Phi) is 3.06. The van der Waals surface area contributed by atoms with Crippen molar-refractivity contribution in [3.8, 4) is 0 Å². The number of rotatable bonds is 3. The van der Waals surface area contributed by atoms with E-state index in [0.717, 1.165) is 6.54 Å². The van der Waals surface area contributed by atoms with Gasteiger partial charge in [-0.05, 0) is 11.0 Å². The van der Waals surface area contributed by atoms with Crippen molar-refractivity contribution in [3.63, 3.8) is 0 Å². The average molecular weight is 191 g/mol. The van der Waals surface area contributed by atoms with E-state index in [-0.39, 0.29) is 0 Å². The van der Waals surface area contributed by atoms with Gasteiger partial charge in [0, 0.05) is 18.3 Å². The molecule has 1 atom stereocenters. The number of hydrogen-bond donors (Lipinski definition) is 1. The first-order valence-electron chi connectivity index (χ1n) is 4.51. The summed E-state index contributed by atoms with van der Waals surface area (Å²) in [6.45, 7) is 0.969. The van der Waals surface area contributed by atoms with Crippen molar-refractivity contribution in [3.05, 3.63) is 47.4 Å². The Morgan fingerprint density at radius 1 is 1.31 bits per heavy atom. The van der Waals surface area contributed by atoms with Crippen LogP contribution in [0.5, 0.6) is 0 Å². The number of hydrogen-bond acceptors (Lipinski definition) is 2. The van der Waals surface area contributed by atoms with Gasteiger partial charge in [-0.3, -0.25) is 0 Å². The van der Waals surface area contributed by atoms with Crippen molar-refractivity contribution in [2.75, 3.05) is 5.75 Å². The van der Waals surface area contributed by atoms with E-state index >= 15 is 0 Å². The molecule has 0 aliphatic carbocycles. The van der Waals surface area contributed by atoms with Crippen LogP contribution >= 0.6 is 11.8 Å². The Labute approximate surface area is 83.2 Å². The van der Waals surface area contributed by atoms with Gasteiger partial charge in [0.15, 0.2) is 0 Å². The Hall–Kier alpha value is -0.730. The summed E-state index contributed by atoms with van der Waals surface area (Å²) in [5.41, 5.74) is 1.35. The van der Waals surface area contributed by atoms with Gasteiger partial charge in [-0.1, -0.05) is 36.4 Å². The van der Waals surface area contributed by atoms with Crippen LogP contribution in [0.25, 0.3) is 0 Å². The first-order valence-corrected chi connectivity index (χ1v) is 5.55. The highest BCUT2D eigenvalue weighted by molar-refractivity contribution is 8.02. The molecule has 13 heavy (non-hydrogen) atoms. The second-order valence-corrected chi connectivity index (χ2v) is 4.07. The summed E-state index contributed by atoms with van der Waals surface area (Å²) in [4.78, 5) is 0. The lowest BCUT2D eigenvalue weighted by Crippen LogP contribution is -2.26. The van der Waals surface area contributed by atoms with Crippen molar-refractivity contribution in [1.82, 2.24) is 5.32 Å². The molecule has 0 fully saturated rings. The predicted molar refractivity (Wildman–Crippen MR) is 58.7 cm³/mol. The molecule has 0 saturated heterocycles. The van der Waals surface area contributed by atoms with E-state index in [0.29, 0.717) is 6.04 Å². The highest BCUT2D eigenvalue weighted by Crippen LogP contribution is 2.14. The molecular formula is C11H13NS. The van der Waals surface area contributed by atoms with Gasteiger partial charge in [-0.25, -0.2) is 0 Å². The first-order chi connectivity index (χ1) is 6.45. The Morgan fingerprint density at radius 3 is 2.85 bits per heavy atom. The van der Waals surface area contributed by atoms with E-state index in [2.05, 4.69) is 47.1 Å². The maximum atomic E-state index is 3.49. The molecule has 0 amide bonds. The van der Waals surface area contributed by atoms with E-state index in [1.54, 1.807) is 0 Å². The molecule has 1 aliphatic heterocycles. The molecule has 1 nitrogen and oxygen atoms in total. The third-order valence-electron chi connectivity index (χ3n) is 2.09. The second-order valence-electron chi connectivity index (χ2n) is 3.13. The average Bonchev–Trinajstić information content (AvgIpc) is 2.69. The molecule has 1 heterocycles.